The number of carboxylic acid groups (broad SMARTS) is 1. The van der Waals surface area contributed by atoms with E-state index in [1.165, 1.54) is 0 Å². The molecule has 6 heteroatoms. The summed E-state index contributed by atoms with van der Waals surface area (Å²) in [6, 6.07) is 0. The van der Waals surface area contributed by atoms with Crippen LogP contribution in [0.1, 0.15) is 12.6 Å². The maximum atomic E-state index is 10.8. The molecule has 0 saturated carbocycles. The van der Waals surface area contributed by atoms with Crippen LogP contribution in [-0.2, 0) is 11.2 Å². The zero-order valence-electron chi connectivity index (χ0n) is 8.59. The minimum atomic E-state index is -0.846. The van der Waals surface area contributed by atoms with Crippen molar-refractivity contribution in [3.05, 3.63) is 29.6 Å². The quantitative estimate of drug-likeness (QED) is 0.884. The fourth-order valence-corrected chi connectivity index (χ4v) is 1.74. The van der Waals surface area contributed by atoms with Crippen LogP contribution >= 0.6 is 11.6 Å². The standard InChI is InChI=1S/C10H10ClN3O2/c1-6(9(15)16)4-7-8-5-12-2-3-14(8)10(11)13-7/h2-3,5-6H,4H2,1H3,(H,15,16). The smallest absolute Gasteiger partial charge is 0.306 e. The first-order valence-corrected chi connectivity index (χ1v) is 5.16. The molecule has 0 radical (unpaired) electrons. The lowest BCUT2D eigenvalue weighted by molar-refractivity contribution is -0.141. The predicted octanol–water partition coefficient (Wildman–Crippen LogP) is 1.65. The zero-order chi connectivity index (χ0) is 11.7. The number of rotatable bonds is 3. The Balaban J connectivity index is 2.42. The highest BCUT2D eigenvalue weighted by Gasteiger charge is 2.16. The lowest BCUT2D eigenvalue weighted by Gasteiger charge is -2.02. The number of imidazole rings is 1. The summed E-state index contributed by atoms with van der Waals surface area (Å²) in [6.45, 7) is 1.64. The maximum absolute atomic E-state index is 10.8. The van der Waals surface area contributed by atoms with Crippen LogP contribution in [-0.4, -0.2) is 25.4 Å². The lowest BCUT2D eigenvalue weighted by Crippen LogP contribution is -2.12. The summed E-state index contributed by atoms with van der Waals surface area (Å²) in [5, 5.41) is 9.16. The number of halogens is 1. The summed E-state index contributed by atoms with van der Waals surface area (Å²) >= 11 is 5.92. The number of aromatic nitrogens is 3. The Morgan fingerprint density at radius 1 is 1.69 bits per heavy atom. The number of nitrogens with zero attached hydrogens (tertiary/aromatic N) is 3. The molecule has 0 aromatic carbocycles. The Hall–Kier alpha value is -1.62. The molecule has 1 unspecified atom stereocenters. The van der Waals surface area contributed by atoms with Gasteiger partial charge in [0.1, 0.15) is 0 Å². The second-order valence-electron chi connectivity index (χ2n) is 3.60. The van der Waals surface area contributed by atoms with Gasteiger partial charge in [0.15, 0.2) is 0 Å². The van der Waals surface area contributed by atoms with Crippen molar-refractivity contribution in [2.75, 3.05) is 0 Å². The van der Waals surface area contributed by atoms with Crippen molar-refractivity contribution in [1.82, 2.24) is 14.4 Å². The van der Waals surface area contributed by atoms with E-state index < -0.39 is 11.9 Å². The monoisotopic (exact) mass is 239 g/mol. The van der Waals surface area contributed by atoms with Crippen molar-refractivity contribution < 1.29 is 9.90 Å². The third kappa shape index (κ3) is 1.86. The predicted molar refractivity (Wildman–Crippen MR) is 58.5 cm³/mol. The number of aliphatic carboxylic acids is 1. The summed E-state index contributed by atoms with van der Waals surface area (Å²) in [5.74, 6) is -1.34. The van der Waals surface area contributed by atoms with E-state index in [0.29, 0.717) is 17.4 Å². The largest absolute Gasteiger partial charge is 0.481 e. The van der Waals surface area contributed by atoms with E-state index in [1.54, 1.807) is 29.9 Å². The van der Waals surface area contributed by atoms with Crippen LogP contribution in [0, 0.1) is 5.92 Å². The van der Waals surface area contributed by atoms with E-state index in [0.717, 1.165) is 5.52 Å². The Morgan fingerprint density at radius 2 is 2.44 bits per heavy atom. The molecule has 0 bridgehead atoms. The third-order valence-corrected chi connectivity index (χ3v) is 2.67. The number of fused-ring (bicyclic) bond motifs is 1. The van der Waals surface area contributed by atoms with Crippen LogP contribution < -0.4 is 0 Å². The number of hydrogen-bond acceptors (Lipinski definition) is 3. The Kier molecular flexibility index (Phi) is 2.78. The first kappa shape index (κ1) is 10.9. The van der Waals surface area contributed by atoms with Crippen LogP contribution in [0.3, 0.4) is 0 Å². The van der Waals surface area contributed by atoms with E-state index in [-0.39, 0.29) is 0 Å². The van der Waals surface area contributed by atoms with E-state index >= 15 is 0 Å². The third-order valence-electron chi connectivity index (χ3n) is 2.40. The summed E-state index contributed by atoms with van der Waals surface area (Å²) in [6.07, 6.45) is 5.27. The van der Waals surface area contributed by atoms with E-state index in [4.69, 9.17) is 16.7 Å². The van der Waals surface area contributed by atoms with Gasteiger partial charge in [-0.05, 0) is 11.6 Å². The van der Waals surface area contributed by atoms with Crippen molar-refractivity contribution in [1.29, 1.82) is 0 Å². The average Bonchev–Trinajstić information content (AvgIpc) is 2.57. The van der Waals surface area contributed by atoms with Gasteiger partial charge in [0.2, 0.25) is 5.28 Å². The first-order valence-electron chi connectivity index (χ1n) is 4.79. The molecule has 0 spiro atoms. The fraction of sp³-hybridized carbons (Fsp3) is 0.300. The van der Waals surface area contributed by atoms with Gasteiger partial charge in [0.05, 0.1) is 23.3 Å². The summed E-state index contributed by atoms with van der Waals surface area (Å²) in [7, 11) is 0. The Bertz CT molecular complexity index is 538. The molecule has 0 amide bonds. The molecule has 5 nitrogen and oxygen atoms in total. The van der Waals surface area contributed by atoms with Crippen LogP contribution in [0.5, 0.6) is 0 Å². The summed E-state index contributed by atoms with van der Waals surface area (Å²) in [5.41, 5.74) is 1.41. The highest BCUT2D eigenvalue weighted by molar-refractivity contribution is 6.28. The number of carbonyl (C=O) groups is 1. The van der Waals surface area contributed by atoms with Crippen LogP contribution in [0.25, 0.3) is 5.52 Å². The van der Waals surface area contributed by atoms with Crippen molar-refractivity contribution in [3.63, 3.8) is 0 Å². The second-order valence-corrected chi connectivity index (χ2v) is 3.94. The van der Waals surface area contributed by atoms with Crippen LogP contribution in [0.4, 0.5) is 0 Å². The normalized spacial score (nSPS) is 12.9. The maximum Gasteiger partial charge on any atom is 0.306 e. The molecule has 2 aromatic rings. The molecule has 0 saturated heterocycles. The van der Waals surface area contributed by atoms with Crippen molar-refractivity contribution in [2.45, 2.75) is 13.3 Å². The van der Waals surface area contributed by atoms with Gasteiger partial charge < -0.3 is 5.11 Å². The Labute approximate surface area is 96.7 Å². The SMILES string of the molecule is CC(Cc1nc(Cl)n2ccncc12)C(=O)O. The van der Waals surface area contributed by atoms with Gasteiger partial charge >= 0.3 is 5.97 Å². The van der Waals surface area contributed by atoms with Crippen LogP contribution in [0.2, 0.25) is 5.28 Å². The minimum Gasteiger partial charge on any atom is -0.481 e. The van der Waals surface area contributed by atoms with Gasteiger partial charge in [-0.3, -0.25) is 14.2 Å². The highest BCUT2D eigenvalue weighted by atomic mass is 35.5. The molecule has 0 aliphatic heterocycles. The molecular formula is C10H10ClN3O2. The average molecular weight is 240 g/mol. The topological polar surface area (TPSA) is 67.5 Å². The molecule has 2 aromatic heterocycles. The van der Waals surface area contributed by atoms with Gasteiger partial charge in [0, 0.05) is 18.8 Å². The highest BCUT2D eigenvalue weighted by Crippen LogP contribution is 2.18. The van der Waals surface area contributed by atoms with E-state index in [2.05, 4.69) is 9.97 Å². The van der Waals surface area contributed by atoms with Crippen molar-refractivity contribution in [2.24, 2.45) is 5.92 Å². The summed E-state index contributed by atoms with van der Waals surface area (Å²) in [4.78, 5) is 18.9. The molecule has 0 fully saturated rings. The van der Waals surface area contributed by atoms with Gasteiger partial charge in [-0.2, -0.15) is 0 Å². The van der Waals surface area contributed by atoms with Gasteiger partial charge in [0.25, 0.3) is 0 Å². The van der Waals surface area contributed by atoms with Gasteiger partial charge in [-0.25, -0.2) is 4.98 Å². The van der Waals surface area contributed by atoms with E-state index in [9.17, 15) is 4.79 Å². The van der Waals surface area contributed by atoms with Gasteiger partial charge in [-0.15, -0.1) is 0 Å². The van der Waals surface area contributed by atoms with Crippen molar-refractivity contribution >= 4 is 23.1 Å². The molecule has 2 heterocycles. The van der Waals surface area contributed by atoms with Gasteiger partial charge in [-0.1, -0.05) is 6.92 Å². The van der Waals surface area contributed by atoms with Crippen molar-refractivity contribution in [3.8, 4) is 0 Å². The fourth-order valence-electron chi connectivity index (χ4n) is 1.49. The molecule has 0 aliphatic carbocycles. The first-order chi connectivity index (χ1) is 7.59. The Morgan fingerprint density at radius 3 is 3.12 bits per heavy atom. The molecule has 2 rings (SSSR count). The summed E-state index contributed by atoms with van der Waals surface area (Å²) < 4.78 is 1.68. The molecule has 0 aliphatic rings. The zero-order valence-corrected chi connectivity index (χ0v) is 9.35. The minimum absolute atomic E-state index is 0.324. The molecular weight excluding hydrogens is 230 g/mol. The molecule has 16 heavy (non-hydrogen) atoms. The molecule has 1 N–H and O–H groups in total. The van der Waals surface area contributed by atoms with E-state index in [1.807, 2.05) is 0 Å². The number of carboxylic acids is 1. The second kappa shape index (κ2) is 4.09. The number of hydrogen-bond donors (Lipinski definition) is 1. The molecule has 1 atom stereocenters. The lowest BCUT2D eigenvalue weighted by atomic mass is 10.1. The van der Waals surface area contributed by atoms with Crippen LogP contribution in [0.15, 0.2) is 18.6 Å². The molecule has 84 valence electrons.